The van der Waals surface area contributed by atoms with E-state index < -0.39 is 5.97 Å². The van der Waals surface area contributed by atoms with Crippen LogP contribution in [0.4, 0.5) is 0 Å². The molecule has 0 aromatic heterocycles. The number of phenols is 2. The van der Waals surface area contributed by atoms with Gasteiger partial charge in [-0.25, -0.2) is 4.79 Å². The molecule has 4 heteroatoms. The Bertz CT molecular complexity index is 918. The maximum atomic E-state index is 12.4. The molecule has 4 nitrogen and oxygen atoms in total. The zero-order valence-electron chi connectivity index (χ0n) is 16.7. The topological polar surface area (TPSA) is 66.8 Å². The lowest BCUT2D eigenvalue weighted by Crippen LogP contribution is -2.17. The molecule has 0 spiro atoms. The average Bonchev–Trinajstić information content (AvgIpc) is 2.82. The van der Waals surface area contributed by atoms with Crippen molar-refractivity contribution in [3.05, 3.63) is 52.6 Å². The van der Waals surface area contributed by atoms with Crippen LogP contribution in [0.5, 0.6) is 17.2 Å². The van der Waals surface area contributed by atoms with Gasteiger partial charge in [-0.3, -0.25) is 0 Å². The largest absolute Gasteiger partial charge is 0.508 e. The van der Waals surface area contributed by atoms with E-state index in [2.05, 4.69) is 0 Å². The number of hydrogen-bond acceptors (Lipinski definition) is 4. The molecule has 142 valence electrons. The first-order valence-corrected chi connectivity index (χ1v) is 9.03. The third kappa shape index (κ3) is 3.57. The quantitative estimate of drug-likeness (QED) is 0.416. The van der Waals surface area contributed by atoms with E-state index in [1.165, 1.54) is 12.1 Å². The Balaban J connectivity index is 2.23. The minimum absolute atomic E-state index is 0.0782. The first kappa shape index (κ1) is 19.0. The number of benzene rings is 2. The Labute approximate surface area is 160 Å². The molecule has 2 aromatic rings. The maximum absolute atomic E-state index is 12.4. The fourth-order valence-electron chi connectivity index (χ4n) is 3.27. The number of hydrogen-bond donors (Lipinski definition) is 2. The molecule has 0 fully saturated rings. The third-order valence-electron chi connectivity index (χ3n) is 4.74. The van der Waals surface area contributed by atoms with Crippen LogP contribution < -0.4 is 4.74 Å². The summed E-state index contributed by atoms with van der Waals surface area (Å²) in [5.74, 6) is 0.367. The number of esters is 1. The van der Waals surface area contributed by atoms with Gasteiger partial charge in [0, 0.05) is 16.7 Å². The van der Waals surface area contributed by atoms with Gasteiger partial charge in [-0.2, -0.15) is 0 Å². The van der Waals surface area contributed by atoms with Crippen LogP contribution in [0.1, 0.15) is 63.8 Å². The Morgan fingerprint density at radius 1 is 0.889 bits per heavy atom. The molecule has 0 radical (unpaired) electrons. The zero-order valence-corrected chi connectivity index (χ0v) is 16.7. The number of fused-ring (bicyclic) bond motifs is 1. The second-order valence-electron chi connectivity index (χ2n) is 9.09. The number of carbonyl (C=O) groups excluding carboxylic acids is 1. The molecule has 1 aliphatic heterocycles. The normalized spacial score (nSPS) is 15.8. The summed E-state index contributed by atoms with van der Waals surface area (Å²) in [4.78, 5) is 12.4. The molecule has 3 rings (SSSR count). The molecule has 0 saturated heterocycles. The average molecular weight is 366 g/mol. The van der Waals surface area contributed by atoms with Gasteiger partial charge in [0.1, 0.15) is 17.2 Å². The van der Waals surface area contributed by atoms with Crippen molar-refractivity contribution in [2.75, 3.05) is 0 Å². The van der Waals surface area contributed by atoms with Crippen molar-refractivity contribution < 1.29 is 19.7 Å². The summed E-state index contributed by atoms with van der Waals surface area (Å²) in [6, 6.07) is 8.42. The smallest absolute Gasteiger partial charge is 0.344 e. The van der Waals surface area contributed by atoms with Crippen LogP contribution in [0.25, 0.3) is 11.6 Å². The summed E-state index contributed by atoms with van der Waals surface area (Å²) >= 11 is 0. The fraction of sp³-hybridized carbons (Fsp3) is 0.348. The van der Waals surface area contributed by atoms with Gasteiger partial charge >= 0.3 is 5.97 Å². The highest BCUT2D eigenvalue weighted by atomic mass is 16.5. The van der Waals surface area contributed by atoms with E-state index in [4.69, 9.17) is 4.74 Å². The number of carbonyl (C=O) groups is 1. The minimum Gasteiger partial charge on any atom is -0.508 e. The number of rotatable bonds is 1. The Hall–Kier alpha value is -2.75. The van der Waals surface area contributed by atoms with Crippen molar-refractivity contribution in [3.63, 3.8) is 0 Å². The molecule has 0 saturated carbocycles. The van der Waals surface area contributed by atoms with Crippen molar-refractivity contribution in [1.29, 1.82) is 0 Å². The monoisotopic (exact) mass is 366 g/mol. The molecule has 0 atom stereocenters. The van der Waals surface area contributed by atoms with Crippen LogP contribution in [-0.2, 0) is 15.6 Å². The lowest BCUT2D eigenvalue weighted by molar-refractivity contribution is -0.126. The van der Waals surface area contributed by atoms with Gasteiger partial charge in [0.25, 0.3) is 0 Å². The number of phenolic OH excluding ortho intramolecular Hbond substituents is 2. The van der Waals surface area contributed by atoms with Crippen molar-refractivity contribution in [3.8, 4) is 17.2 Å². The minimum atomic E-state index is -0.446. The second kappa shape index (κ2) is 6.15. The predicted molar refractivity (Wildman–Crippen MR) is 107 cm³/mol. The molecular weight excluding hydrogens is 340 g/mol. The molecule has 2 N–H and O–H groups in total. The molecule has 1 aliphatic rings. The highest BCUT2D eigenvalue weighted by Gasteiger charge is 2.29. The first-order valence-electron chi connectivity index (χ1n) is 9.03. The van der Waals surface area contributed by atoms with E-state index >= 15 is 0 Å². The highest BCUT2D eigenvalue weighted by Crippen LogP contribution is 2.42. The molecule has 0 amide bonds. The van der Waals surface area contributed by atoms with E-state index in [-0.39, 0.29) is 16.6 Å². The summed E-state index contributed by atoms with van der Waals surface area (Å²) in [5, 5.41) is 20.6. The molecule has 0 unspecified atom stereocenters. The van der Waals surface area contributed by atoms with Gasteiger partial charge in [-0.1, -0.05) is 41.5 Å². The van der Waals surface area contributed by atoms with Crippen LogP contribution in [0, 0.1) is 0 Å². The van der Waals surface area contributed by atoms with Crippen LogP contribution in [0.2, 0.25) is 0 Å². The van der Waals surface area contributed by atoms with E-state index in [0.29, 0.717) is 22.6 Å². The lowest BCUT2D eigenvalue weighted by Gasteiger charge is -2.28. The van der Waals surface area contributed by atoms with Crippen molar-refractivity contribution in [1.82, 2.24) is 0 Å². The van der Waals surface area contributed by atoms with Crippen LogP contribution >= 0.6 is 0 Å². The molecule has 1 heterocycles. The predicted octanol–water partition coefficient (Wildman–Crippen LogP) is 5.15. The molecule has 2 aromatic carbocycles. The summed E-state index contributed by atoms with van der Waals surface area (Å²) in [5.41, 5.74) is 2.91. The summed E-state index contributed by atoms with van der Waals surface area (Å²) in [6.07, 6.45) is 1.76. The zero-order chi connectivity index (χ0) is 20.1. The molecule has 0 aliphatic carbocycles. The first-order chi connectivity index (χ1) is 12.4. The van der Waals surface area contributed by atoms with Gasteiger partial charge in [0.05, 0.1) is 5.57 Å². The molecule has 27 heavy (non-hydrogen) atoms. The van der Waals surface area contributed by atoms with Crippen LogP contribution in [0.3, 0.4) is 0 Å². The maximum Gasteiger partial charge on any atom is 0.344 e. The van der Waals surface area contributed by atoms with Gasteiger partial charge in [-0.05, 0) is 52.8 Å². The summed E-state index contributed by atoms with van der Waals surface area (Å²) in [6.45, 7) is 12.3. The lowest BCUT2D eigenvalue weighted by atomic mass is 9.78. The standard InChI is InChI=1S/C23H26O4/c1-22(2,3)17-10-13(11-18(20(17)25)23(4,5)6)9-16-15-12-14(24)7-8-19(15)27-21(16)26/h7-12,24-25H,1-6H3/b16-9+. The highest BCUT2D eigenvalue weighted by molar-refractivity contribution is 6.26. The molecular formula is C23H26O4. The van der Waals surface area contributed by atoms with Gasteiger partial charge in [0.15, 0.2) is 0 Å². The fourth-order valence-corrected chi connectivity index (χ4v) is 3.27. The SMILES string of the molecule is CC(C)(C)c1cc(/C=C2/C(=O)Oc3ccc(O)cc32)cc(C(C)(C)C)c1O. The Kier molecular flexibility index (Phi) is 4.34. The van der Waals surface area contributed by atoms with Crippen molar-refractivity contribution in [2.45, 2.75) is 52.4 Å². The van der Waals surface area contributed by atoms with E-state index in [0.717, 1.165) is 16.7 Å². The third-order valence-corrected chi connectivity index (χ3v) is 4.74. The Morgan fingerprint density at radius 3 is 1.96 bits per heavy atom. The number of aromatic hydroxyl groups is 2. The van der Waals surface area contributed by atoms with Crippen LogP contribution in [0.15, 0.2) is 30.3 Å². The van der Waals surface area contributed by atoms with E-state index in [1.807, 2.05) is 53.7 Å². The van der Waals surface area contributed by atoms with Gasteiger partial charge in [-0.15, -0.1) is 0 Å². The Morgan fingerprint density at radius 2 is 1.44 bits per heavy atom. The van der Waals surface area contributed by atoms with Crippen molar-refractivity contribution in [2.24, 2.45) is 0 Å². The van der Waals surface area contributed by atoms with E-state index in [1.54, 1.807) is 12.1 Å². The number of ether oxygens (including phenoxy) is 1. The second-order valence-corrected chi connectivity index (χ2v) is 9.09. The van der Waals surface area contributed by atoms with E-state index in [9.17, 15) is 15.0 Å². The summed E-state index contributed by atoms with van der Waals surface area (Å²) in [7, 11) is 0. The van der Waals surface area contributed by atoms with Crippen molar-refractivity contribution >= 4 is 17.6 Å². The summed E-state index contributed by atoms with van der Waals surface area (Å²) < 4.78 is 5.30. The van der Waals surface area contributed by atoms with Gasteiger partial charge < -0.3 is 14.9 Å². The molecule has 0 bridgehead atoms. The van der Waals surface area contributed by atoms with Gasteiger partial charge in [0.2, 0.25) is 0 Å². The van der Waals surface area contributed by atoms with Crippen LogP contribution in [-0.4, -0.2) is 16.2 Å².